The van der Waals surface area contributed by atoms with E-state index in [4.69, 9.17) is 9.47 Å². The number of aliphatic imine (C=N–C) groups is 1. The highest BCUT2D eigenvalue weighted by Gasteiger charge is 2.08. The molecule has 1 atom stereocenters. The fourth-order valence-corrected chi connectivity index (χ4v) is 3.24. The Balaban J connectivity index is 2.43. The van der Waals surface area contributed by atoms with Crippen LogP contribution in [0.25, 0.3) is 0 Å². The monoisotopic (exact) mass is 406 g/mol. The molecule has 1 aromatic carbocycles. The Morgan fingerprint density at radius 2 is 1.76 bits per heavy atom. The molecule has 1 unspecified atom stereocenters. The number of ether oxygens (including phenoxy) is 2. The average Bonchev–Trinajstić information content (AvgIpc) is 2.72. The second kappa shape index (κ2) is 15.0. The molecule has 1 aromatic rings. The van der Waals surface area contributed by atoms with Crippen LogP contribution in [0, 0.1) is 0 Å². The maximum atomic E-state index is 5.72. The molecular formula is C23H42N4O2. The predicted molar refractivity (Wildman–Crippen MR) is 123 cm³/mol. The van der Waals surface area contributed by atoms with E-state index in [1.54, 1.807) is 0 Å². The molecule has 0 aliphatic rings. The summed E-state index contributed by atoms with van der Waals surface area (Å²) in [6.07, 6.45) is 3.22. The van der Waals surface area contributed by atoms with Crippen LogP contribution in [-0.2, 0) is 6.42 Å². The molecule has 1 rings (SSSR count). The van der Waals surface area contributed by atoms with Crippen LogP contribution in [0.2, 0.25) is 0 Å². The number of guanidine groups is 1. The van der Waals surface area contributed by atoms with Crippen LogP contribution in [0.3, 0.4) is 0 Å². The van der Waals surface area contributed by atoms with Crippen molar-refractivity contribution in [3.05, 3.63) is 23.8 Å². The molecule has 0 aromatic heterocycles. The molecule has 6 nitrogen and oxygen atoms in total. The third kappa shape index (κ3) is 9.88. The van der Waals surface area contributed by atoms with Gasteiger partial charge in [-0.3, -0.25) is 4.99 Å². The van der Waals surface area contributed by atoms with Gasteiger partial charge in [-0.15, -0.1) is 0 Å². The number of hydrogen-bond donors (Lipinski definition) is 2. The normalized spacial score (nSPS) is 12.7. The molecule has 29 heavy (non-hydrogen) atoms. The van der Waals surface area contributed by atoms with E-state index in [0.717, 1.165) is 56.5 Å². The van der Waals surface area contributed by atoms with E-state index in [0.29, 0.717) is 19.3 Å². The lowest BCUT2D eigenvalue weighted by Gasteiger charge is -2.21. The van der Waals surface area contributed by atoms with Gasteiger partial charge in [-0.05, 0) is 77.4 Å². The zero-order valence-electron chi connectivity index (χ0n) is 19.4. The van der Waals surface area contributed by atoms with E-state index < -0.39 is 0 Å². The van der Waals surface area contributed by atoms with Crippen molar-refractivity contribution in [1.82, 2.24) is 15.5 Å². The molecule has 0 amide bonds. The van der Waals surface area contributed by atoms with Gasteiger partial charge in [-0.2, -0.15) is 0 Å². The van der Waals surface area contributed by atoms with E-state index in [2.05, 4.69) is 53.4 Å². The van der Waals surface area contributed by atoms with Crippen molar-refractivity contribution >= 4 is 5.96 Å². The van der Waals surface area contributed by atoms with Crippen LogP contribution in [0.15, 0.2) is 23.2 Å². The molecule has 0 spiro atoms. The van der Waals surface area contributed by atoms with Crippen molar-refractivity contribution in [3.8, 4) is 11.5 Å². The van der Waals surface area contributed by atoms with E-state index in [9.17, 15) is 0 Å². The molecule has 0 saturated carbocycles. The summed E-state index contributed by atoms with van der Waals surface area (Å²) in [7, 11) is 1.82. The Bertz CT molecular complexity index is 588. The third-order valence-electron chi connectivity index (χ3n) is 4.93. The first-order valence-electron chi connectivity index (χ1n) is 11.2. The first-order chi connectivity index (χ1) is 14.1. The van der Waals surface area contributed by atoms with Crippen LogP contribution in [0.1, 0.15) is 53.0 Å². The van der Waals surface area contributed by atoms with Crippen LogP contribution in [0.5, 0.6) is 11.5 Å². The molecule has 0 aliphatic heterocycles. The van der Waals surface area contributed by atoms with Crippen LogP contribution in [-0.4, -0.2) is 63.3 Å². The lowest BCUT2D eigenvalue weighted by molar-refractivity contribution is 0.287. The van der Waals surface area contributed by atoms with Crippen LogP contribution < -0.4 is 20.1 Å². The lowest BCUT2D eigenvalue weighted by Crippen LogP contribution is -2.43. The molecule has 0 saturated heterocycles. The smallest absolute Gasteiger partial charge is 0.191 e. The number of nitrogens with one attached hydrogen (secondary N) is 2. The number of benzene rings is 1. The first kappa shape index (κ1) is 25.1. The summed E-state index contributed by atoms with van der Waals surface area (Å²) in [6, 6.07) is 6.56. The summed E-state index contributed by atoms with van der Waals surface area (Å²) in [5.74, 6) is 2.48. The zero-order chi connectivity index (χ0) is 21.5. The third-order valence-corrected chi connectivity index (χ3v) is 4.93. The highest BCUT2D eigenvalue weighted by Crippen LogP contribution is 2.28. The Labute approximate surface area is 178 Å². The van der Waals surface area contributed by atoms with Gasteiger partial charge in [0, 0.05) is 19.6 Å². The SMILES string of the molecule is CCOc1ccc(CCNC(=NC)NC(C)CCCN(CC)CC)cc1OCC. The standard InChI is InChI=1S/C23H42N4O2/c1-7-27(8-2)17-11-12-19(5)26-23(24-6)25-16-15-20-13-14-21(28-9-3)22(18-20)29-10-4/h13-14,18-19H,7-12,15-17H2,1-6H3,(H2,24,25,26). The minimum absolute atomic E-state index is 0.395. The number of hydrogen-bond acceptors (Lipinski definition) is 4. The molecule has 0 radical (unpaired) electrons. The summed E-state index contributed by atoms with van der Waals surface area (Å²) in [5.41, 5.74) is 1.21. The molecule has 6 heteroatoms. The number of nitrogens with zero attached hydrogens (tertiary/aromatic N) is 2. The van der Waals surface area contributed by atoms with Gasteiger partial charge in [0.15, 0.2) is 17.5 Å². The quantitative estimate of drug-likeness (QED) is 0.364. The molecule has 0 fully saturated rings. The fraction of sp³-hybridized carbons (Fsp3) is 0.696. The molecule has 0 bridgehead atoms. The van der Waals surface area contributed by atoms with Crippen LogP contribution >= 0.6 is 0 Å². The Hall–Kier alpha value is -1.95. The maximum absolute atomic E-state index is 5.72. The fourth-order valence-electron chi connectivity index (χ4n) is 3.24. The minimum Gasteiger partial charge on any atom is -0.490 e. The zero-order valence-corrected chi connectivity index (χ0v) is 19.4. The van der Waals surface area contributed by atoms with Gasteiger partial charge in [0.25, 0.3) is 0 Å². The lowest BCUT2D eigenvalue weighted by atomic mass is 10.1. The van der Waals surface area contributed by atoms with E-state index in [-0.39, 0.29) is 0 Å². The summed E-state index contributed by atoms with van der Waals surface area (Å²) >= 11 is 0. The Morgan fingerprint density at radius 1 is 1.07 bits per heavy atom. The van der Waals surface area contributed by atoms with Crippen molar-refractivity contribution in [2.24, 2.45) is 4.99 Å². The van der Waals surface area contributed by atoms with Crippen molar-refractivity contribution in [1.29, 1.82) is 0 Å². The minimum atomic E-state index is 0.395. The highest BCUT2D eigenvalue weighted by molar-refractivity contribution is 5.79. The van der Waals surface area contributed by atoms with Gasteiger partial charge in [0.05, 0.1) is 13.2 Å². The molecule has 0 heterocycles. The Morgan fingerprint density at radius 3 is 2.38 bits per heavy atom. The van der Waals surface area contributed by atoms with Gasteiger partial charge >= 0.3 is 0 Å². The topological polar surface area (TPSA) is 58.1 Å². The highest BCUT2D eigenvalue weighted by atomic mass is 16.5. The molecule has 2 N–H and O–H groups in total. The second-order valence-corrected chi connectivity index (χ2v) is 7.11. The summed E-state index contributed by atoms with van der Waals surface area (Å²) in [5, 5.41) is 6.91. The van der Waals surface area contributed by atoms with Gasteiger partial charge in [0.2, 0.25) is 0 Å². The van der Waals surface area contributed by atoms with Gasteiger partial charge < -0.3 is 25.0 Å². The largest absolute Gasteiger partial charge is 0.490 e. The Kier molecular flexibility index (Phi) is 12.9. The predicted octanol–water partition coefficient (Wildman–Crippen LogP) is 3.70. The molecule has 166 valence electrons. The van der Waals surface area contributed by atoms with Crippen molar-refractivity contribution in [2.75, 3.05) is 46.4 Å². The molecule has 0 aliphatic carbocycles. The van der Waals surface area contributed by atoms with Crippen molar-refractivity contribution < 1.29 is 9.47 Å². The van der Waals surface area contributed by atoms with Crippen LogP contribution in [0.4, 0.5) is 0 Å². The maximum Gasteiger partial charge on any atom is 0.191 e. The van der Waals surface area contributed by atoms with Crippen molar-refractivity contribution in [3.63, 3.8) is 0 Å². The van der Waals surface area contributed by atoms with E-state index in [1.807, 2.05) is 27.0 Å². The van der Waals surface area contributed by atoms with Crippen molar-refractivity contribution in [2.45, 2.75) is 59.9 Å². The second-order valence-electron chi connectivity index (χ2n) is 7.11. The first-order valence-corrected chi connectivity index (χ1v) is 11.2. The van der Waals surface area contributed by atoms with Gasteiger partial charge in [-0.25, -0.2) is 0 Å². The van der Waals surface area contributed by atoms with Gasteiger partial charge in [-0.1, -0.05) is 19.9 Å². The van der Waals surface area contributed by atoms with E-state index >= 15 is 0 Å². The number of rotatable bonds is 14. The summed E-state index contributed by atoms with van der Waals surface area (Å²) < 4.78 is 11.4. The summed E-state index contributed by atoms with van der Waals surface area (Å²) in [4.78, 5) is 6.82. The van der Waals surface area contributed by atoms with E-state index in [1.165, 1.54) is 12.0 Å². The summed E-state index contributed by atoms with van der Waals surface area (Å²) in [6.45, 7) is 16.1. The molecular weight excluding hydrogens is 364 g/mol. The average molecular weight is 407 g/mol. The van der Waals surface area contributed by atoms with Gasteiger partial charge in [0.1, 0.15) is 0 Å².